The van der Waals surface area contributed by atoms with Crippen molar-refractivity contribution in [2.24, 2.45) is 5.73 Å². The SMILES string of the molecule is NC(=O)c1cc(SCc2ccco2)ncc1N. The van der Waals surface area contributed by atoms with Gasteiger partial charge in [-0.15, -0.1) is 0 Å². The van der Waals surface area contributed by atoms with E-state index in [0.29, 0.717) is 22.0 Å². The molecule has 5 nitrogen and oxygen atoms in total. The Kier molecular flexibility index (Phi) is 3.34. The van der Waals surface area contributed by atoms with Gasteiger partial charge in [0.05, 0.1) is 34.5 Å². The Hall–Kier alpha value is -1.95. The zero-order valence-electron chi connectivity index (χ0n) is 8.92. The van der Waals surface area contributed by atoms with Crippen LogP contribution in [-0.4, -0.2) is 10.9 Å². The normalized spacial score (nSPS) is 10.4. The highest BCUT2D eigenvalue weighted by atomic mass is 32.2. The lowest BCUT2D eigenvalue weighted by molar-refractivity contribution is 0.100. The summed E-state index contributed by atoms with van der Waals surface area (Å²) in [4.78, 5) is 15.2. The quantitative estimate of drug-likeness (QED) is 0.803. The maximum Gasteiger partial charge on any atom is 0.250 e. The molecule has 0 saturated heterocycles. The molecule has 0 aromatic carbocycles. The van der Waals surface area contributed by atoms with E-state index in [9.17, 15) is 4.79 Å². The molecule has 0 bridgehead atoms. The summed E-state index contributed by atoms with van der Waals surface area (Å²) in [5.74, 6) is 0.932. The molecule has 0 saturated carbocycles. The van der Waals surface area contributed by atoms with Crippen molar-refractivity contribution in [3.8, 4) is 0 Å². The first kappa shape index (κ1) is 11.5. The number of anilines is 1. The third-order valence-corrected chi connectivity index (χ3v) is 3.07. The average molecular weight is 249 g/mol. The Morgan fingerprint density at radius 3 is 3.00 bits per heavy atom. The number of nitrogens with zero attached hydrogens (tertiary/aromatic N) is 1. The minimum absolute atomic E-state index is 0.292. The molecule has 0 aliphatic rings. The minimum Gasteiger partial charge on any atom is -0.468 e. The lowest BCUT2D eigenvalue weighted by atomic mass is 10.2. The van der Waals surface area contributed by atoms with Crippen LogP contribution in [0.4, 0.5) is 5.69 Å². The predicted octanol–water partition coefficient (Wildman–Crippen LogP) is 1.65. The molecule has 0 aliphatic carbocycles. The van der Waals surface area contributed by atoms with Gasteiger partial charge in [0.2, 0.25) is 0 Å². The third-order valence-electron chi connectivity index (χ3n) is 2.12. The van der Waals surface area contributed by atoms with Crippen molar-refractivity contribution in [3.63, 3.8) is 0 Å². The van der Waals surface area contributed by atoms with E-state index in [1.54, 1.807) is 12.3 Å². The topological polar surface area (TPSA) is 95.1 Å². The van der Waals surface area contributed by atoms with Crippen molar-refractivity contribution < 1.29 is 9.21 Å². The summed E-state index contributed by atoms with van der Waals surface area (Å²) in [6.07, 6.45) is 3.05. The molecule has 0 aliphatic heterocycles. The highest BCUT2D eigenvalue weighted by Crippen LogP contribution is 2.23. The van der Waals surface area contributed by atoms with Crippen LogP contribution in [0.1, 0.15) is 16.1 Å². The molecular weight excluding hydrogens is 238 g/mol. The molecule has 0 atom stereocenters. The summed E-state index contributed by atoms with van der Waals surface area (Å²) in [7, 11) is 0. The van der Waals surface area contributed by atoms with E-state index < -0.39 is 5.91 Å². The second-order valence-corrected chi connectivity index (χ2v) is 4.34. The summed E-state index contributed by atoms with van der Waals surface area (Å²) in [5, 5.41) is 0.685. The monoisotopic (exact) mass is 249 g/mol. The van der Waals surface area contributed by atoms with Crippen LogP contribution in [0.3, 0.4) is 0 Å². The van der Waals surface area contributed by atoms with Crippen LogP contribution in [0.15, 0.2) is 40.1 Å². The summed E-state index contributed by atoms with van der Waals surface area (Å²) in [5.41, 5.74) is 11.4. The Labute approximate surface area is 102 Å². The summed E-state index contributed by atoms with van der Waals surface area (Å²) >= 11 is 1.45. The van der Waals surface area contributed by atoms with E-state index in [-0.39, 0.29) is 0 Å². The van der Waals surface area contributed by atoms with Gasteiger partial charge in [0.25, 0.3) is 5.91 Å². The summed E-state index contributed by atoms with van der Waals surface area (Å²) in [6.45, 7) is 0. The van der Waals surface area contributed by atoms with Gasteiger partial charge in [-0.05, 0) is 18.2 Å². The predicted molar refractivity (Wildman–Crippen MR) is 65.4 cm³/mol. The van der Waals surface area contributed by atoms with Gasteiger partial charge < -0.3 is 15.9 Å². The van der Waals surface area contributed by atoms with E-state index in [1.807, 2.05) is 12.1 Å². The van der Waals surface area contributed by atoms with Crippen LogP contribution in [0.5, 0.6) is 0 Å². The van der Waals surface area contributed by atoms with Crippen molar-refractivity contribution in [2.45, 2.75) is 10.8 Å². The molecule has 17 heavy (non-hydrogen) atoms. The van der Waals surface area contributed by atoms with Gasteiger partial charge in [-0.1, -0.05) is 11.8 Å². The number of hydrogen-bond donors (Lipinski definition) is 2. The number of primary amides is 1. The molecule has 88 valence electrons. The number of pyridine rings is 1. The van der Waals surface area contributed by atoms with E-state index >= 15 is 0 Å². The number of nitrogen functional groups attached to an aromatic ring is 1. The fourth-order valence-corrected chi connectivity index (χ4v) is 2.06. The van der Waals surface area contributed by atoms with Crippen molar-refractivity contribution in [1.82, 2.24) is 4.98 Å². The van der Waals surface area contributed by atoms with Gasteiger partial charge in [0, 0.05) is 0 Å². The number of furan rings is 1. The Balaban J connectivity index is 2.11. The van der Waals surface area contributed by atoms with Crippen LogP contribution >= 0.6 is 11.8 Å². The van der Waals surface area contributed by atoms with Gasteiger partial charge in [-0.25, -0.2) is 4.98 Å². The largest absolute Gasteiger partial charge is 0.468 e. The molecule has 0 unspecified atom stereocenters. The zero-order valence-corrected chi connectivity index (χ0v) is 9.74. The van der Waals surface area contributed by atoms with Crippen molar-refractivity contribution in [1.29, 1.82) is 0 Å². The fourth-order valence-electron chi connectivity index (χ4n) is 1.28. The molecule has 2 heterocycles. The van der Waals surface area contributed by atoms with E-state index in [0.717, 1.165) is 5.76 Å². The molecule has 1 amide bonds. The lowest BCUT2D eigenvalue weighted by Gasteiger charge is -2.03. The molecule has 6 heteroatoms. The number of rotatable bonds is 4. The second kappa shape index (κ2) is 4.92. The first-order chi connectivity index (χ1) is 8.16. The highest BCUT2D eigenvalue weighted by molar-refractivity contribution is 7.98. The van der Waals surface area contributed by atoms with Crippen molar-refractivity contribution >= 4 is 23.4 Å². The number of amides is 1. The van der Waals surface area contributed by atoms with E-state index in [1.165, 1.54) is 18.0 Å². The third kappa shape index (κ3) is 2.79. The number of aromatic nitrogens is 1. The van der Waals surface area contributed by atoms with E-state index in [4.69, 9.17) is 15.9 Å². The van der Waals surface area contributed by atoms with Gasteiger partial charge in [-0.3, -0.25) is 4.79 Å². The summed E-state index contributed by atoms with van der Waals surface area (Å²) < 4.78 is 5.19. The van der Waals surface area contributed by atoms with Gasteiger partial charge >= 0.3 is 0 Å². The molecular formula is C11H11N3O2S. The standard InChI is InChI=1S/C11H11N3O2S/c12-9-5-14-10(4-8(9)11(13)15)17-6-7-2-1-3-16-7/h1-5H,6,12H2,(H2,13,15). The highest BCUT2D eigenvalue weighted by Gasteiger charge is 2.08. The molecule has 2 rings (SSSR count). The second-order valence-electron chi connectivity index (χ2n) is 3.34. The summed E-state index contributed by atoms with van der Waals surface area (Å²) in [6, 6.07) is 5.28. The molecule has 0 spiro atoms. The molecule has 0 radical (unpaired) electrons. The number of hydrogen-bond acceptors (Lipinski definition) is 5. The van der Waals surface area contributed by atoms with Gasteiger partial charge in [0.1, 0.15) is 5.76 Å². The molecule has 2 aromatic heterocycles. The zero-order chi connectivity index (χ0) is 12.3. The van der Waals surface area contributed by atoms with Crippen molar-refractivity contribution in [2.75, 3.05) is 5.73 Å². The molecule has 0 fully saturated rings. The number of thioether (sulfide) groups is 1. The molecule has 4 N–H and O–H groups in total. The van der Waals surface area contributed by atoms with E-state index in [2.05, 4.69) is 4.98 Å². The smallest absolute Gasteiger partial charge is 0.250 e. The Morgan fingerprint density at radius 2 is 2.35 bits per heavy atom. The number of nitrogens with two attached hydrogens (primary N) is 2. The van der Waals surface area contributed by atoms with Crippen LogP contribution in [-0.2, 0) is 5.75 Å². The lowest BCUT2D eigenvalue weighted by Crippen LogP contribution is -2.13. The molecule has 2 aromatic rings. The maximum atomic E-state index is 11.1. The van der Waals surface area contributed by atoms with Crippen LogP contribution in [0.25, 0.3) is 0 Å². The number of carbonyl (C=O) groups excluding carboxylic acids is 1. The Bertz CT molecular complexity index is 526. The van der Waals surface area contributed by atoms with Gasteiger partial charge in [0.15, 0.2) is 0 Å². The first-order valence-electron chi connectivity index (χ1n) is 4.87. The van der Waals surface area contributed by atoms with Gasteiger partial charge in [-0.2, -0.15) is 0 Å². The fraction of sp³-hybridized carbons (Fsp3) is 0.0909. The van der Waals surface area contributed by atoms with Crippen LogP contribution in [0.2, 0.25) is 0 Å². The van der Waals surface area contributed by atoms with Crippen molar-refractivity contribution in [3.05, 3.63) is 42.0 Å². The Morgan fingerprint density at radius 1 is 1.53 bits per heavy atom. The minimum atomic E-state index is -0.551. The van der Waals surface area contributed by atoms with Crippen LogP contribution in [0, 0.1) is 0 Å². The maximum absolute atomic E-state index is 11.1. The first-order valence-corrected chi connectivity index (χ1v) is 5.86. The number of carbonyl (C=O) groups is 1. The van der Waals surface area contributed by atoms with Crippen LogP contribution < -0.4 is 11.5 Å². The average Bonchev–Trinajstić information content (AvgIpc) is 2.80.